The molecule has 20 heavy (non-hydrogen) atoms. The zero-order valence-electron chi connectivity index (χ0n) is 10.6. The van der Waals surface area contributed by atoms with E-state index in [0.717, 1.165) is 17.7 Å². The van der Waals surface area contributed by atoms with E-state index in [1.807, 2.05) is 37.3 Å². The molecule has 1 atom stereocenters. The Bertz CT molecular complexity index is 635. The van der Waals surface area contributed by atoms with Gasteiger partial charge in [0.15, 0.2) is 0 Å². The van der Waals surface area contributed by atoms with Crippen LogP contribution in [-0.4, -0.2) is 4.92 Å². The minimum Gasteiger partial charge on any atom is -0.373 e. The third kappa shape index (κ3) is 3.14. The molecule has 0 fully saturated rings. The Hall–Kier alpha value is -1.95. The molecule has 0 aliphatic carbocycles. The molecule has 0 heterocycles. The van der Waals surface area contributed by atoms with Crippen LogP contribution < -0.4 is 5.32 Å². The van der Waals surface area contributed by atoms with Gasteiger partial charge in [0.25, 0.3) is 5.69 Å². The molecule has 0 radical (unpaired) electrons. The van der Waals surface area contributed by atoms with E-state index < -0.39 is 10.7 Å². The van der Waals surface area contributed by atoms with E-state index in [0.29, 0.717) is 0 Å². The Kier molecular flexibility index (Phi) is 4.34. The normalized spacial score (nSPS) is 11.9. The van der Waals surface area contributed by atoms with Gasteiger partial charge in [-0.1, -0.05) is 30.3 Å². The van der Waals surface area contributed by atoms with Crippen LogP contribution in [0.4, 0.5) is 15.8 Å². The van der Waals surface area contributed by atoms with Crippen LogP contribution in [0, 0.1) is 15.9 Å². The van der Waals surface area contributed by atoms with Crippen LogP contribution in [0.5, 0.6) is 0 Å². The van der Waals surface area contributed by atoms with Crippen LogP contribution >= 0.6 is 15.9 Å². The maximum atomic E-state index is 13.6. The van der Waals surface area contributed by atoms with Crippen molar-refractivity contribution >= 4 is 27.3 Å². The summed E-state index contributed by atoms with van der Waals surface area (Å²) < 4.78 is 13.6. The lowest BCUT2D eigenvalue weighted by atomic mass is 10.1. The van der Waals surface area contributed by atoms with Gasteiger partial charge in [-0.25, -0.2) is 4.39 Å². The van der Waals surface area contributed by atoms with Crippen LogP contribution in [0.25, 0.3) is 0 Å². The summed E-state index contributed by atoms with van der Waals surface area (Å²) in [5.41, 5.74) is 0.957. The van der Waals surface area contributed by atoms with E-state index >= 15 is 0 Å². The van der Waals surface area contributed by atoms with Crippen LogP contribution in [0.3, 0.4) is 0 Å². The monoisotopic (exact) mass is 338 g/mol. The molecule has 104 valence electrons. The maximum absolute atomic E-state index is 13.6. The lowest BCUT2D eigenvalue weighted by Crippen LogP contribution is -2.08. The van der Waals surface area contributed by atoms with Crippen molar-refractivity contribution in [1.82, 2.24) is 0 Å². The third-order valence-electron chi connectivity index (χ3n) is 2.91. The number of nitro benzene ring substituents is 1. The molecule has 2 aromatic rings. The zero-order valence-corrected chi connectivity index (χ0v) is 12.2. The van der Waals surface area contributed by atoms with Gasteiger partial charge in [0, 0.05) is 18.2 Å². The molecule has 0 amide bonds. The first-order valence-electron chi connectivity index (χ1n) is 5.94. The fourth-order valence-corrected chi connectivity index (χ4v) is 2.19. The number of benzene rings is 2. The molecule has 6 heteroatoms. The van der Waals surface area contributed by atoms with Crippen molar-refractivity contribution in [2.75, 3.05) is 5.32 Å². The van der Waals surface area contributed by atoms with Crippen molar-refractivity contribution in [3.63, 3.8) is 0 Å². The van der Waals surface area contributed by atoms with E-state index in [1.54, 1.807) is 0 Å². The summed E-state index contributed by atoms with van der Waals surface area (Å²) in [7, 11) is 0. The van der Waals surface area contributed by atoms with Crippen molar-refractivity contribution in [1.29, 1.82) is 0 Å². The van der Waals surface area contributed by atoms with Gasteiger partial charge in [-0.15, -0.1) is 0 Å². The average molecular weight is 339 g/mol. The van der Waals surface area contributed by atoms with Gasteiger partial charge in [0.05, 0.1) is 9.40 Å². The van der Waals surface area contributed by atoms with Crippen molar-refractivity contribution in [3.05, 3.63) is 68.4 Å². The number of halogens is 2. The third-order valence-corrected chi connectivity index (χ3v) is 3.51. The van der Waals surface area contributed by atoms with Crippen LogP contribution in [0.1, 0.15) is 18.5 Å². The molecule has 0 aromatic heterocycles. The van der Waals surface area contributed by atoms with Gasteiger partial charge < -0.3 is 5.32 Å². The number of rotatable bonds is 4. The Morgan fingerprint density at radius 1 is 1.30 bits per heavy atom. The highest BCUT2D eigenvalue weighted by Gasteiger charge is 2.19. The van der Waals surface area contributed by atoms with E-state index in [1.165, 1.54) is 0 Å². The number of hydrogen-bond acceptors (Lipinski definition) is 3. The predicted octanol–water partition coefficient (Wildman–Crippen LogP) is 4.67. The largest absolute Gasteiger partial charge is 0.373 e. The number of hydrogen-bond donors (Lipinski definition) is 1. The van der Waals surface area contributed by atoms with E-state index in [-0.39, 0.29) is 21.9 Å². The number of anilines is 1. The van der Waals surface area contributed by atoms with Crippen molar-refractivity contribution in [2.24, 2.45) is 0 Å². The number of nitrogens with zero attached hydrogens (tertiary/aromatic N) is 1. The van der Waals surface area contributed by atoms with Crippen molar-refractivity contribution in [3.8, 4) is 0 Å². The quantitative estimate of drug-likeness (QED) is 0.651. The van der Waals surface area contributed by atoms with Crippen molar-refractivity contribution < 1.29 is 9.31 Å². The number of nitrogens with one attached hydrogen (secondary N) is 1. The molecule has 2 aromatic carbocycles. The minimum absolute atomic E-state index is 0.0714. The Labute approximate surface area is 123 Å². The molecule has 0 aliphatic heterocycles. The molecule has 0 saturated carbocycles. The van der Waals surface area contributed by atoms with Gasteiger partial charge in [0.1, 0.15) is 11.5 Å². The summed E-state index contributed by atoms with van der Waals surface area (Å²) in [6.07, 6.45) is 0. The first kappa shape index (κ1) is 14.5. The van der Waals surface area contributed by atoms with Gasteiger partial charge >= 0.3 is 0 Å². The van der Waals surface area contributed by atoms with Gasteiger partial charge in [0.2, 0.25) is 0 Å². The Balaban J connectivity index is 2.33. The maximum Gasteiger partial charge on any atom is 0.293 e. The van der Waals surface area contributed by atoms with Crippen molar-refractivity contribution in [2.45, 2.75) is 13.0 Å². The van der Waals surface area contributed by atoms with Gasteiger partial charge in [-0.05, 0) is 28.4 Å². The summed E-state index contributed by atoms with van der Waals surface area (Å²) in [6, 6.07) is 11.6. The topological polar surface area (TPSA) is 55.2 Å². The summed E-state index contributed by atoms with van der Waals surface area (Å²) in [6.45, 7) is 1.86. The molecule has 0 saturated heterocycles. The van der Waals surface area contributed by atoms with E-state index in [9.17, 15) is 14.5 Å². The summed E-state index contributed by atoms with van der Waals surface area (Å²) in [5, 5.41) is 14.0. The highest BCUT2D eigenvalue weighted by Crippen LogP contribution is 2.32. The predicted molar refractivity (Wildman–Crippen MR) is 79.2 cm³/mol. The fourth-order valence-electron chi connectivity index (χ4n) is 1.86. The second-order valence-corrected chi connectivity index (χ2v) is 5.17. The molecular weight excluding hydrogens is 327 g/mol. The molecule has 1 unspecified atom stereocenters. The van der Waals surface area contributed by atoms with Crippen LogP contribution in [0.2, 0.25) is 0 Å². The summed E-state index contributed by atoms with van der Waals surface area (Å²) >= 11 is 2.95. The number of nitro groups is 1. The molecular formula is C14H12BrFN2O2. The minimum atomic E-state index is -0.543. The lowest BCUT2D eigenvalue weighted by Gasteiger charge is -2.16. The fraction of sp³-hybridized carbons (Fsp3) is 0.143. The molecule has 0 bridgehead atoms. The molecule has 2 rings (SSSR count). The summed E-state index contributed by atoms with van der Waals surface area (Å²) in [4.78, 5) is 10.5. The lowest BCUT2D eigenvalue weighted by molar-refractivity contribution is -0.384. The summed E-state index contributed by atoms with van der Waals surface area (Å²) in [5.74, 6) is -0.543. The molecule has 0 aliphatic rings. The SMILES string of the molecule is CC(Nc1cc(F)c(Br)cc1[N+](=O)[O-])c1ccccc1. The van der Waals surface area contributed by atoms with Gasteiger partial charge in [-0.2, -0.15) is 0 Å². The first-order chi connectivity index (χ1) is 9.49. The Morgan fingerprint density at radius 2 is 1.95 bits per heavy atom. The second kappa shape index (κ2) is 6.00. The molecule has 4 nitrogen and oxygen atoms in total. The Morgan fingerprint density at radius 3 is 2.55 bits per heavy atom. The highest BCUT2D eigenvalue weighted by molar-refractivity contribution is 9.10. The van der Waals surface area contributed by atoms with Crippen LogP contribution in [0.15, 0.2) is 46.9 Å². The van der Waals surface area contributed by atoms with E-state index in [2.05, 4.69) is 21.2 Å². The second-order valence-electron chi connectivity index (χ2n) is 4.32. The standard InChI is InChI=1S/C14H12BrFN2O2/c1-9(10-5-3-2-4-6-10)17-13-8-12(16)11(15)7-14(13)18(19)20/h2-9,17H,1H3. The smallest absolute Gasteiger partial charge is 0.293 e. The highest BCUT2D eigenvalue weighted by atomic mass is 79.9. The van der Waals surface area contributed by atoms with Crippen LogP contribution in [-0.2, 0) is 0 Å². The van der Waals surface area contributed by atoms with E-state index in [4.69, 9.17) is 0 Å². The average Bonchev–Trinajstić information content (AvgIpc) is 2.43. The first-order valence-corrected chi connectivity index (χ1v) is 6.73. The molecule has 0 spiro atoms. The zero-order chi connectivity index (χ0) is 14.7. The van der Waals surface area contributed by atoms with Gasteiger partial charge in [-0.3, -0.25) is 10.1 Å². The molecule has 1 N–H and O–H groups in total.